The average Bonchev–Trinajstić information content (AvgIpc) is 1.98. The first-order valence-electron chi connectivity index (χ1n) is 3.23. The number of nitrogens with two attached hydrogens (primary N) is 1. The molecular weight excluding hydrogens is 143 g/mol. The van der Waals surface area contributed by atoms with E-state index in [9.17, 15) is 4.39 Å². The van der Waals surface area contributed by atoms with Gasteiger partial charge < -0.3 is 5.84 Å². The lowest BCUT2D eigenvalue weighted by Crippen LogP contribution is -1.91. The zero-order valence-electron chi connectivity index (χ0n) is 6.21. The number of hydrogen-bond acceptors (Lipinski definition) is 2. The van der Waals surface area contributed by atoms with Gasteiger partial charge in [0.15, 0.2) is 0 Å². The van der Waals surface area contributed by atoms with Gasteiger partial charge in [-0.05, 0) is 24.6 Å². The van der Waals surface area contributed by atoms with Gasteiger partial charge in [-0.25, -0.2) is 4.39 Å². The number of nitrogens with zero attached hydrogens (tertiary/aromatic N) is 1. The van der Waals surface area contributed by atoms with Crippen LogP contribution in [0.5, 0.6) is 0 Å². The highest BCUT2D eigenvalue weighted by molar-refractivity contribution is 5.81. The number of hydrazone groups is 1. The Kier molecular flexibility index (Phi) is 2.21. The van der Waals surface area contributed by atoms with Crippen LogP contribution in [0.1, 0.15) is 11.1 Å². The van der Waals surface area contributed by atoms with Crippen LogP contribution in [0.3, 0.4) is 0 Å². The van der Waals surface area contributed by atoms with Gasteiger partial charge in [0.2, 0.25) is 0 Å². The van der Waals surface area contributed by atoms with Crippen molar-refractivity contribution in [2.45, 2.75) is 6.92 Å². The predicted molar refractivity (Wildman–Crippen MR) is 42.9 cm³/mol. The summed E-state index contributed by atoms with van der Waals surface area (Å²) < 4.78 is 12.6. The Morgan fingerprint density at radius 3 is 2.91 bits per heavy atom. The van der Waals surface area contributed by atoms with Crippen molar-refractivity contribution in [2.75, 3.05) is 0 Å². The van der Waals surface area contributed by atoms with Crippen LogP contribution in [-0.4, -0.2) is 6.21 Å². The molecule has 2 N–H and O–H groups in total. The molecule has 0 radical (unpaired) electrons. The zero-order chi connectivity index (χ0) is 8.27. The first-order chi connectivity index (χ1) is 5.24. The summed E-state index contributed by atoms with van der Waals surface area (Å²) in [7, 11) is 0. The summed E-state index contributed by atoms with van der Waals surface area (Å²) in [4.78, 5) is 0. The fourth-order valence-corrected chi connectivity index (χ4v) is 0.831. The van der Waals surface area contributed by atoms with Gasteiger partial charge in [-0.3, -0.25) is 0 Å². The third-order valence-electron chi connectivity index (χ3n) is 1.45. The summed E-state index contributed by atoms with van der Waals surface area (Å²) in [6.45, 7) is 1.87. The molecule has 0 saturated heterocycles. The molecule has 0 aliphatic carbocycles. The highest BCUT2D eigenvalue weighted by atomic mass is 19.1. The molecule has 2 nitrogen and oxygen atoms in total. The van der Waals surface area contributed by atoms with Crippen LogP contribution in [0.2, 0.25) is 0 Å². The van der Waals surface area contributed by atoms with Gasteiger partial charge in [-0.15, -0.1) is 0 Å². The Morgan fingerprint density at radius 2 is 2.27 bits per heavy atom. The summed E-state index contributed by atoms with van der Waals surface area (Å²) >= 11 is 0. The van der Waals surface area contributed by atoms with Crippen LogP contribution in [0.4, 0.5) is 4.39 Å². The van der Waals surface area contributed by atoms with E-state index in [4.69, 9.17) is 5.84 Å². The normalized spacial score (nSPS) is 10.7. The Balaban J connectivity index is 3.12. The number of halogens is 1. The van der Waals surface area contributed by atoms with E-state index in [-0.39, 0.29) is 5.82 Å². The lowest BCUT2D eigenvalue weighted by atomic mass is 10.1. The maximum absolute atomic E-state index is 12.6. The van der Waals surface area contributed by atoms with Crippen LogP contribution in [0.15, 0.2) is 23.3 Å². The molecule has 11 heavy (non-hydrogen) atoms. The molecule has 0 bridgehead atoms. The van der Waals surface area contributed by atoms with E-state index in [1.165, 1.54) is 18.3 Å². The minimum Gasteiger partial charge on any atom is -0.323 e. The number of aryl methyl sites for hydroxylation is 1. The minimum atomic E-state index is -0.273. The van der Waals surface area contributed by atoms with Crippen molar-refractivity contribution in [3.05, 3.63) is 35.1 Å². The molecule has 0 heterocycles. The maximum atomic E-state index is 12.6. The lowest BCUT2D eigenvalue weighted by molar-refractivity contribution is 0.627. The summed E-state index contributed by atoms with van der Waals surface area (Å²) in [5.41, 5.74) is 1.67. The van der Waals surface area contributed by atoms with Crippen LogP contribution >= 0.6 is 0 Å². The van der Waals surface area contributed by atoms with Gasteiger partial charge in [-0.2, -0.15) is 5.10 Å². The summed E-state index contributed by atoms with van der Waals surface area (Å²) in [5.74, 6) is 4.65. The molecule has 0 amide bonds. The van der Waals surface area contributed by atoms with Crippen LogP contribution in [0, 0.1) is 12.7 Å². The van der Waals surface area contributed by atoms with E-state index in [0.29, 0.717) is 5.56 Å². The quantitative estimate of drug-likeness (QED) is 0.369. The summed E-state index contributed by atoms with van der Waals surface area (Å²) in [6.07, 6.45) is 1.43. The molecule has 3 heteroatoms. The molecule has 58 valence electrons. The third-order valence-corrected chi connectivity index (χ3v) is 1.45. The van der Waals surface area contributed by atoms with Gasteiger partial charge >= 0.3 is 0 Å². The van der Waals surface area contributed by atoms with Gasteiger partial charge in [0.1, 0.15) is 5.82 Å². The molecule has 0 spiro atoms. The van der Waals surface area contributed by atoms with E-state index in [2.05, 4.69) is 5.10 Å². The largest absolute Gasteiger partial charge is 0.323 e. The average molecular weight is 152 g/mol. The molecule has 0 aromatic heterocycles. The van der Waals surface area contributed by atoms with Gasteiger partial charge in [0.25, 0.3) is 0 Å². The summed E-state index contributed by atoms with van der Waals surface area (Å²) in [5, 5.41) is 3.32. The second kappa shape index (κ2) is 3.14. The van der Waals surface area contributed by atoms with Crippen LogP contribution < -0.4 is 5.84 Å². The molecule has 1 aromatic rings. The molecule has 0 atom stereocenters. The Labute approximate surface area is 64.5 Å². The molecule has 1 aromatic carbocycles. The van der Waals surface area contributed by atoms with E-state index >= 15 is 0 Å². The van der Waals surface area contributed by atoms with Crippen molar-refractivity contribution in [1.82, 2.24) is 0 Å². The highest BCUT2D eigenvalue weighted by Crippen LogP contribution is 2.06. The molecule has 0 saturated carbocycles. The van der Waals surface area contributed by atoms with Gasteiger partial charge in [0.05, 0.1) is 6.21 Å². The van der Waals surface area contributed by atoms with Gasteiger partial charge in [0, 0.05) is 5.56 Å². The first kappa shape index (κ1) is 7.72. The first-order valence-corrected chi connectivity index (χ1v) is 3.23. The Morgan fingerprint density at radius 1 is 1.55 bits per heavy atom. The van der Waals surface area contributed by atoms with Crippen molar-refractivity contribution >= 4 is 6.21 Å². The van der Waals surface area contributed by atoms with Crippen LogP contribution in [-0.2, 0) is 0 Å². The Bertz CT molecular complexity index is 281. The zero-order valence-corrected chi connectivity index (χ0v) is 6.21. The SMILES string of the molecule is Cc1ccc(F)cc1/C=N/N. The Hall–Kier alpha value is -1.38. The number of benzene rings is 1. The van der Waals surface area contributed by atoms with Crippen molar-refractivity contribution < 1.29 is 4.39 Å². The molecule has 0 aliphatic heterocycles. The molecule has 0 fully saturated rings. The predicted octanol–water partition coefficient (Wildman–Crippen LogP) is 1.43. The van der Waals surface area contributed by atoms with E-state index in [1.807, 2.05) is 6.92 Å². The van der Waals surface area contributed by atoms with Crippen molar-refractivity contribution in [3.63, 3.8) is 0 Å². The van der Waals surface area contributed by atoms with Crippen molar-refractivity contribution in [3.8, 4) is 0 Å². The second-order valence-corrected chi connectivity index (χ2v) is 2.28. The lowest BCUT2D eigenvalue weighted by Gasteiger charge is -1.97. The monoisotopic (exact) mass is 152 g/mol. The summed E-state index contributed by atoms with van der Waals surface area (Å²) in [6, 6.07) is 4.49. The third kappa shape index (κ3) is 1.77. The molecular formula is C8H9FN2. The highest BCUT2D eigenvalue weighted by Gasteiger charge is 1.95. The van der Waals surface area contributed by atoms with Crippen molar-refractivity contribution in [1.29, 1.82) is 0 Å². The van der Waals surface area contributed by atoms with E-state index in [1.54, 1.807) is 6.07 Å². The molecule has 1 rings (SSSR count). The topological polar surface area (TPSA) is 38.4 Å². The standard InChI is InChI=1S/C8H9FN2/c1-6-2-3-8(9)4-7(6)5-11-10/h2-5H,10H2,1H3/b11-5+. The minimum absolute atomic E-state index is 0.273. The fraction of sp³-hybridized carbons (Fsp3) is 0.125. The fourth-order valence-electron chi connectivity index (χ4n) is 0.831. The molecule has 0 unspecified atom stereocenters. The number of rotatable bonds is 1. The van der Waals surface area contributed by atoms with E-state index in [0.717, 1.165) is 5.56 Å². The second-order valence-electron chi connectivity index (χ2n) is 2.28. The van der Waals surface area contributed by atoms with Gasteiger partial charge in [-0.1, -0.05) is 6.07 Å². The van der Waals surface area contributed by atoms with E-state index < -0.39 is 0 Å². The molecule has 0 aliphatic rings. The smallest absolute Gasteiger partial charge is 0.123 e. The maximum Gasteiger partial charge on any atom is 0.123 e. The number of hydrogen-bond donors (Lipinski definition) is 1. The van der Waals surface area contributed by atoms with Crippen LogP contribution in [0.25, 0.3) is 0 Å². The van der Waals surface area contributed by atoms with Crippen molar-refractivity contribution in [2.24, 2.45) is 10.9 Å².